The number of rotatable bonds is 4. The Hall–Kier alpha value is -1.33. The second-order valence-corrected chi connectivity index (χ2v) is 4.83. The van der Waals surface area contributed by atoms with Gasteiger partial charge in [0.2, 0.25) is 0 Å². The Kier molecular flexibility index (Phi) is 4.38. The van der Waals surface area contributed by atoms with Crippen LogP contribution in [0.15, 0.2) is 18.2 Å². The summed E-state index contributed by atoms with van der Waals surface area (Å²) in [5.41, 5.74) is 0.440. The summed E-state index contributed by atoms with van der Waals surface area (Å²) < 4.78 is 0. The molecule has 0 aliphatic carbocycles. The van der Waals surface area contributed by atoms with Crippen LogP contribution < -0.4 is 10.6 Å². The van der Waals surface area contributed by atoms with Crippen molar-refractivity contribution in [3.63, 3.8) is 0 Å². The largest absolute Gasteiger partial charge is 0.377 e. The van der Waals surface area contributed by atoms with E-state index in [-0.39, 0.29) is 5.69 Å². The predicted molar refractivity (Wildman–Crippen MR) is 72.2 cm³/mol. The second kappa shape index (κ2) is 6.02. The minimum Gasteiger partial charge on any atom is -0.377 e. The molecule has 5 nitrogen and oxygen atoms in total. The quantitative estimate of drug-likeness (QED) is 0.651. The van der Waals surface area contributed by atoms with Crippen molar-refractivity contribution in [1.29, 1.82) is 0 Å². The van der Waals surface area contributed by atoms with Gasteiger partial charge in [0.05, 0.1) is 9.95 Å². The van der Waals surface area contributed by atoms with Gasteiger partial charge in [-0.3, -0.25) is 10.1 Å². The topological polar surface area (TPSA) is 67.2 Å². The van der Waals surface area contributed by atoms with E-state index in [9.17, 15) is 10.1 Å². The number of nitrogens with one attached hydrogen (secondary N) is 2. The second-order valence-electron chi connectivity index (χ2n) is 4.42. The molecular formula is C12H16ClN3O2. The molecule has 18 heavy (non-hydrogen) atoms. The molecular weight excluding hydrogens is 254 g/mol. The average Bonchev–Trinajstić information content (AvgIpc) is 2.38. The fourth-order valence-electron chi connectivity index (χ4n) is 2.16. The van der Waals surface area contributed by atoms with Crippen LogP contribution in [0.5, 0.6) is 0 Å². The fraction of sp³-hybridized carbons (Fsp3) is 0.500. The van der Waals surface area contributed by atoms with E-state index in [1.165, 1.54) is 18.9 Å². The van der Waals surface area contributed by atoms with Crippen LogP contribution in [0.2, 0.25) is 5.02 Å². The molecule has 0 bridgehead atoms. The van der Waals surface area contributed by atoms with Gasteiger partial charge < -0.3 is 10.6 Å². The maximum Gasteiger partial charge on any atom is 0.293 e. The fourth-order valence-corrected chi connectivity index (χ4v) is 2.40. The zero-order chi connectivity index (χ0) is 13.0. The molecule has 98 valence electrons. The van der Waals surface area contributed by atoms with E-state index in [1.807, 2.05) is 0 Å². The first-order valence-electron chi connectivity index (χ1n) is 6.08. The first-order chi connectivity index (χ1) is 8.68. The lowest BCUT2D eigenvalue weighted by Crippen LogP contribution is -2.39. The summed E-state index contributed by atoms with van der Waals surface area (Å²) >= 11 is 6.00. The Balaban J connectivity index is 2.05. The first-order valence-corrected chi connectivity index (χ1v) is 6.46. The van der Waals surface area contributed by atoms with Gasteiger partial charge in [0.1, 0.15) is 5.69 Å². The number of benzene rings is 1. The van der Waals surface area contributed by atoms with Crippen LogP contribution in [0.3, 0.4) is 0 Å². The molecule has 1 unspecified atom stereocenters. The van der Waals surface area contributed by atoms with Crippen LogP contribution in [-0.4, -0.2) is 24.1 Å². The van der Waals surface area contributed by atoms with Gasteiger partial charge >= 0.3 is 0 Å². The molecule has 1 atom stereocenters. The van der Waals surface area contributed by atoms with Crippen LogP contribution >= 0.6 is 11.6 Å². The lowest BCUT2D eigenvalue weighted by atomic mass is 10.1. The molecule has 1 aliphatic heterocycles. The van der Waals surface area contributed by atoms with Crippen molar-refractivity contribution in [1.82, 2.24) is 5.32 Å². The van der Waals surface area contributed by atoms with Crippen molar-refractivity contribution in [3.8, 4) is 0 Å². The Bertz CT molecular complexity index is 433. The van der Waals surface area contributed by atoms with Gasteiger partial charge in [-0.05, 0) is 25.5 Å². The van der Waals surface area contributed by atoms with Gasteiger partial charge in [-0.15, -0.1) is 0 Å². The van der Waals surface area contributed by atoms with Crippen molar-refractivity contribution >= 4 is 23.0 Å². The van der Waals surface area contributed by atoms with E-state index in [4.69, 9.17) is 11.6 Å². The SMILES string of the molecule is O=[N+]([O-])c1cccc(Cl)c1NCC1CCCCN1. The van der Waals surface area contributed by atoms with Crippen molar-refractivity contribution in [2.24, 2.45) is 0 Å². The number of piperidine rings is 1. The molecule has 1 fully saturated rings. The summed E-state index contributed by atoms with van der Waals surface area (Å²) in [5, 5.41) is 17.8. The highest BCUT2D eigenvalue weighted by molar-refractivity contribution is 6.33. The Morgan fingerprint density at radius 2 is 2.33 bits per heavy atom. The summed E-state index contributed by atoms with van der Waals surface area (Å²) in [6.07, 6.45) is 3.48. The molecule has 0 aromatic heterocycles. The third kappa shape index (κ3) is 3.11. The maximum absolute atomic E-state index is 10.9. The van der Waals surface area contributed by atoms with Gasteiger partial charge in [0, 0.05) is 18.7 Å². The van der Waals surface area contributed by atoms with Gasteiger partial charge in [0.15, 0.2) is 0 Å². The molecule has 1 aliphatic rings. The maximum atomic E-state index is 10.9. The number of anilines is 1. The highest BCUT2D eigenvalue weighted by Gasteiger charge is 2.18. The summed E-state index contributed by atoms with van der Waals surface area (Å²) in [6.45, 7) is 1.67. The van der Waals surface area contributed by atoms with E-state index < -0.39 is 4.92 Å². The lowest BCUT2D eigenvalue weighted by Gasteiger charge is -2.24. The smallest absolute Gasteiger partial charge is 0.293 e. The molecule has 1 aromatic rings. The van der Waals surface area contributed by atoms with Gasteiger partial charge in [-0.25, -0.2) is 0 Å². The summed E-state index contributed by atoms with van der Waals surface area (Å²) in [6, 6.07) is 5.06. The highest BCUT2D eigenvalue weighted by Crippen LogP contribution is 2.31. The van der Waals surface area contributed by atoms with Crippen LogP contribution in [0, 0.1) is 10.1 Å². The third-order valence-electron chi connectivity index (χ3n) is 3.13. The van der Waals surface area contributed by atoms with E-state index in [0.29, 0.717) is 23.3 Å². The van der Waals surface area contributed by atoms with E-state index in [1.54, 1.807) is 12.1 Å². The number of halogens is 1. The van der Waals surface area contributed by atoms with Crippen molar-refractivity contribution in [2.45, 2.75) is 25.3 Å². The minimum atomic E-state index is -0.414. The molecule has 0 spiro atoms. The van der Waals surface area contributed by atoms with Crippen molar-refractivity contribution < 1.29 is 4.92 Å². The van der Waals surface area contributed by atoms with Crippen molar-refractivity contribution in [2.75, 3.05) is 18.4 Å². The molecule has 0 radical (unpaired) electrons. The number of nitro groups is 1. The van der Waals surface area contributed by atoms with E-state index in [2.05, 4.69) is 10.6 Å². The Morgan fingerprint density at radius 1 is 1.50 bits per heavy atom. The molecule has 6 heteroatoms. The number of nitro benzene ring substituents is 1. The van der Waals surface area contributed by atoms with Crippen LogP contribution in [0.4, 0.5) is 11.4 Å². The molecule has 1 aromatic carbocycles. The van der Waals surface area contributed by atoms with Gasteiger partial charge in [-0.1, -0.05) is 24.1 Å². The highest BCUT2D eigenvalue weighted by atomic mass is 35.5. The molecule has 2 rings (SSSR count). The summed E-state index contributed by atoms with van der Waals surface area (Å²) in [5.74, 6) is 0. The third-order valence-corrected chi connectivity index (χ3v) is 3.44. The number of hydrogen-bond donors (Lipinski definition) is 2. The average molecular weight is 270 g/mol. The first kappa shape index (κ1) is 13.1. The Labute approximate surface area is 111 Å². The number of hydrogen-bond acceptors (Lipinski definition) is 4. The van der Waals surface area contributed by atoms with Crippen LogP contribution in [0.25, 0.3) is 0 Å². The summed E-state index contributed by atoms with van der Waals surface area (Å²) in [4.78, 5) is 10.5. The normalized spacial score (nSPS) is 19.5. The zero-order valence-corrected chi connectivity index (χ0v) is 10.7. The lowest BCUT2D eigenvalue weighted by molar-refractivity contribution is -0.383. The molecule has 0 amide bonds. The van der Waals surface area contributed by atoms with Gasteiger partial charge in [-0.2, -0.15) is 0 Å². The van der Waals surface area contributed by atoms with E-state index in [0.717, 1.165) is 13.0 Å². The van der Waals surface area contributed by atoms with E-state index >= 15 is 0 Å². The standard InChI is InChI=1S/C12H16ClN3O2/c13-10-5-3-6-11(16(17)18)12(10)15-8-9-4-1-2-7-14-9/h3,5-6,9,14-15H,1-2,4,7-8H2. The number of para-hydroxylation sites is 1. The van der Waals surface area contributed by atoms with Crippen molar-refractivity contribution in [3.05, 3.63) is 33.3 Å². The summed E-state index contributed by atoms with van der Waals surface area (Å²) in [7, 11) is 0. The molecule has 1 heterocycles. The van der Waals surface area contributed by atoms with Gasteiger partial charge in [0.25, 0.3) is 5.69 Å². The predicted octanol–water partition coefficient (Wildman–Crippen LogP) is 2.80. The molecule has 0 saturated carbocycles. The number of nitrogens with zero attached hydrogens (tertiary/aromatic N) is 1. The minimum absolute atomic E-state index is 0.0262. The molecule has 1 saturated heterocycles. The Morgan fingerprint density at radius 3 is 3.00 bits per heavy atom. The zero-order valence-electron chi connectivity index (χ0n) is 9.99. The van der Waals surface area contributed by atoms with Crippen LogP contribution in [0.1, 0.15) is 19.3 Å². The molecule has 2 N–H and O–H groups in total. The van der Waals surface area contributed by atoms with Crippen LogP contribution in [-0.2, 0) is 0 Å². The monoisotopic (exact) mass is 269 g/mol.